The Balaban J connectivity index is 1.49. The Bertz CT molecular complexity index is 939. The summed E-state index contributed by atoms with van der Waals surface area (Å²) in [5.41, 5.74) is 2.08. The van der Waals surface area contributed by atoms with Crippen molar-refractivity contribution in [2.75, 3.05) is 24.6 Å². The summed E-state index contributed by atoms with van der Waals surface area (Å²) in [7, 11) is 0. The van der Waals surface area contributed by atoms with E-state index in [9.17, 15) is 9.90 Å². The Labute approximate surface area is 185 Å². The molecule has 3 saturated heterocycles. The smallest absolute Gasteiger partial charge is 0.223 e. The predicted octanol–water partition coefficient (Wildman–Crippen LogP) is 3.67. The van der Waals surface area contributed by atoms with E-state index in [4.69, 9.17) is 4.98 Å². The number of aliphatic hydroxyl groups excluding tert-OH is 1. The van der Waals surface area contributed by atoms with Gasteiger partial charge in [0.25, 0.3) is 0 Å². The minimum absolute atomic E-state index is 0.107. The standard InChI is InChI=1S/C25H36N4O2/c1-17(2)10-11-22-19-14-18(21-8-5-9-24(31)29(21)22)15-27(16-19)25-26-20-6-3-4-7-23(20)28(25)12-13-30/h3-4,6-7,17-19,21-22,30H,5,8-16H2,1-2H3/t18-,19+,21+,22+/m1/s1. The van der Waals surface area contributed by atoms with E-state index in [0.717, 1.165) is 55.8 Å². The van der Waals surface area contributed by atoms with Crippen LogP contribution in [0.1, 0.15) is 52.4 Å². The van der Waals surface area contributed by atoms with Crippen LogP contribution in [0.2, 0.25) is 0 Å². The SMILES string of the molecule is CC(C)CC[C@H]1[C@H]2C[C@H](CN(c3nc4ccccc4n3CCO)C2)[C@@H]2CCCC(=O)N21. The van der Waals surface area contributed by atoms with Crippen LogP contribution in [0.15, 0.2) is 24.3 Å². The quantitative estimate of drug-likeness (QED) is 0.769. The number of hydrogen-bond acceptors (Lipinski definition) is 4. The first-order valence-electron chi connectivity index (χ1n) is 12.2. The van der Waals surface area contributed by atoms with Gasteiger partial charge in [-0.25, -0.2) is 4.98 Å². The highest BCUT2D eigenvalue weighted by Gasteiger charge is 2.49. The van der Waals surface area contributed by atoms with Crippen molar-refractivity contribution in [3.8, 4) is 0 Å². The van der Waals surface area contributed by atoms with Crippen molar-refractivity contribution in [3.05, 3.63) is 24.3 Å². The highest BCUT2D eigenvalue weighted by molar-refractivity contribution is 5.79. The molecule has 2 bridgehead atoms. The number of piperidine rings is 3. The topological polar surface area (TPSA) is 61.6 Å². The molecule has 2 aromatic rings. The summed E-state index contributed by atoms with van der Waals surface area (Å²) >= 11 is 0. The summed E-state index contributed by atoms with van der Waals surface area (Å²) in [4.78, 5) is 22.8. The number of carbonyl (C=O) groups is 1. The fourth-order valence-corrected chi connectivity index (χ4v) is 6.44. The molecule has 3 aliphatic rings. The van der Waals surface area contributed by atoms with Crippen LogP contribution in [0.5, 0.6) is 0 Å². The highest BCUT2D eigenvalue weighted by Crippen LogP contribution is 2.44. The van der Waals surface area contributed by atoms with Crippen LogP contribution < -0.4 is 4.90 Å². The van der Waals surface area contributed by atoms with Gasteiger partial charge in [-0.1, -0.05) is 26.0 Å². The van der Waals surface area contributed by atoms with Gasteiger partial charge in [0.1, 0.15) is 0 Å². The minimum Gasteiger partial charge on any atom is -0.395 e. The van der Waals surface area contributed by atoms with Crippen molar-refractivity contribution in [3.63, 3.8) is 0 Å². The zero-order valence-corrected chi connectivity index (χ0v) is 18.9. The van der Waals surface area contributed by atoms with Crippen LogP contribution in [-0.4, -0.2) is 57.2 Å². The normalized spacial score (nSPS) is 28.5. The lowest BCUT2D eigenvalue weighted by atomic mass is 9.71. The van der Waals surface area contributed by atoms with E-state index in [1.54, 1.807) is 0 Å². The van der Waals surface area contributed by atoms with Crippen molar-refractivity contribution in [2.24, 2.45) is 17.8 Å². The highest BCUT2D eigenvalue weighted by atomic mass is 16.3. The average molecular weight is 425 g/mol. The van der Waals surface area contributed by atoms with E-state index >= 15 is 0 Å². The van der Waals surface area contributed by atoms with E-state index in [2.05, 4.69) is 40.3 Å². The number of fused-ring (bicyclic) bond motifs is 5. The molecule has 3 fully saturated rings. The third-order valence-electron chi connectivity index (χ3n) is 7.78. The van der Waals surface area contributed by atoms with Crippen LogP contribution >= 0.6 is 0 Å². The number of anilines is 1. The predicted molar refractivity (Wildman–Crippen MR) is 123 cm³/mol. The Hall–Kier alpha value is -2.08. The number of aromatic nitrogens is 2. The van der Waals surface area contributed by atoms with E-state index in [-0.39, 0.29) is 6.61 Å². The number of nitrogens with zero attached hydrogens (tertiary/aromatic N) is 4. The number of amides is 1. The molecule has 168 valence electrons. The molecule has 31 heavy (non-hydrogen) atoms. The molecule has 0 saturated carbocycles. The third kappa shape index (κ3) is 3.73. The zero-order chi connectivity index (χ0) is 21.5. The van der Waals surface area contributed by atoms with Crippen molar-refractivity contribution >= 4 is 22.9 Å². The molecule has 5 rings (SSSR count). The van der Waals surface area contributed by atoms with E-state index in [0.29, 0.717) is 42.3 Å². The van der Waals surface area contributed by atoms with Gasteiger partial charge in [0.15, 0.2) is 0 Å². The van der Waals surface area contributed by atoms with Gasteiger partial charge in [-0.3, -0.25) is 4.79 Å². The van der Waals surface area contributed by atoms with Crippen molar-refractivity contribution in [2.45, 2.75) is 71.0 Å². The monoisotopic (exact) mass is 424 g/mol. The zero-order valence-electron chi connectivity index (χ0n) is 18.9. The fraction of sp³-hybridized carbons (Fsp3) is 0.680. The second kappa shape index (κ2) is 8.45. The van der Waals surface area contributed by atoms with Gasteiger partial charge < -0.3 is 19.5 Å². The molecule has 0 aliphatic carbocycles. The van der Waals surface area contributed by atoms with Crippen LogP contribution in [0.3, 0.4) is 0 Å². The molecule has 4 atom stereocenters. The van der Waals surface area contributed by atoms with E-state index < -0.39 is 0 Å². The number of hydrogen-bond donors (Lipinski definition) is 1. The number of rotatable bonds is 6. The van der Waals surface area contributed by atoms with Crippen LogP contribution in [0, 0.1) is 17.8 Å². The molecule has 4 heterocycles. The van der Waals surface area contributed by atoms with Crippen molar-refractivity contribution in [1.29, 1.82) is 0 Å². The average Bonchev–Trinajstić information content (AvgIpc) is 3.13. The third-order valence-corrected chi connectivity index (χ3v) is 7.78. The lowest BCUT2D eigenvalue weighted by molar-refractivity contribution is -0.149. The Morgan fingerprint density at radius 2 is 2.00 bits per heavy atom. The summed E-state index contributed by atoms with van der Waals surface area (Å²) in [5.74, 6) is 3.05. The molecule has 1 aromatic carbocycles. The maximum absolute atomic E-state index is 13.0. The first-order chi connectivity index (χ1) is 15.1. The molecular formula is C25H36N4O2. The summed E-state index contributed by atoms with van der Waals surface area (Å²) < 4.78 is 2.18. The van der Waals surface area contributed by atoms with E-state index in [1.165, 1.54) is 12.8 Å². The number of benzene rings is 1. The first-order valence-corrected chi connectivity index (χ1v) is 12.2. The number of carbonyl (C=O) groups excluding carboxylic acids is 1. The summed E-state index contributed by atoms with van der Waals surface area (Å²) in [5, 5.41) is 9.72. The lowest BCUT2D eigenvalue weighted by Crippen LogP contribution is -2.65. The van der Waals surface area contributed by atoms with Crippen molar-refractivity contribution < 1.29 is 9.90 Å². The number of para-hydroxylation sites is 2. The summed E-state index contributed by atoms with van der Waals surface area (Å²) in [6.45, 7) is 7.14. The van der Waals surface area contributed by atoms with Crippen LogP contribution in [0.25, 0.3) is 11.0 Å². The molecule has 1 N–H and O–H groups in total. The maximum atomic E-state index is 13.0. The van der Waals surface area contributed by atoms with Crippen LogP contribution in [-0.2, 0) is 11.3 Å². The Kier molecular flexibility index (Phi) is 5.67. The molecule has 0 spiro atoms. The Morgan fingerprint density at radius 1 is 1.19 bits per heavy atom. The van der Waals surface area contributed by atoms with Crippen molar-refractivity contribution in [1.82, 2.24) is 14.5 Å². The molecule has 1 amide bonds. The molecule has 0 unspecified atom stereocenters. The fourth-order valence-electron chi connectivity index (χ4n) is 6.44. The van der Waals surface area contributed by atoms with Gasteiger partial charge in [0.05, 0.1) is 17.6 Å². The van der Waals surface area contributed by atoms with Gasteiger partial charge in [-0.05, 0) is 62.0 Å². The molecule has 3 aliphatic heterocycles. The maximum Gasteiger partial charge on any atom is 0.223 e. The van der Waals surface area contributed by atoms with Gasteiger partial charge in [-0.15, -0.1) is 0 Å². The second-order valence-electron chi connectivity index (χ2n) is 10.2. The van der Waals surface area contributed by atoms with Gasteiger partial charge in [0.2, 0.25) is 11.9 Å². The second-order valence-corrected chi connectivity index (χ2v) is 10.2. The molecular weight excluding hydrogens is 388 g/mol. The minimum atomic E-state index is 0.107. The summed E-state index contributed by atoms with van der Waals surface area (Å²) in [6, 6.07) is 8.97. The number of aliphatic hydroxyl groups is 1. The molecule has 1 aromatic heterocycles. The van der Waals surface area contributed by atoms with E-state index in [1.807, 2.05) is 12.1 Å². The van der Waals surface area contributed by atoms with Gasteiger partial charge >= 0.3 is 0 Å². The molecule has 0 radical (unpaired) electrons. The summed E-state index contributed by atoms with van der Waals surface area (Å²) in [6.07, 6.45) is 6.41. The molecule has 6 heteroatoms. The Morgan fingerprint density at radius 3 is 2.81 bits per heavy atom. The lowest BCUT2D eigenvalue weighted by Gasteiger charge is -2.57. The van der Waals surface area contributed by atoms with Gasteiger partial charge in [-0.2, -0.15) is 0 Å². The first kappa shape index (κ1) is 20.8. The number of imidazole rings is 1. The molecule has 6 nitrogen and oxygen atoms in total. The van der Waals surface area contributed by atoms with Gasteiger partial charge in [0, 0.05) is 38.1 Å². The largest absolute Gasteiger partial charge is 0.395 e. The van der Waals surface area contributed by atoms with Crippen LogP contribution in [0.4, 0.5) is 5.95 Å².